The molecule has 0 amide bonds. The SMILES string of the molecule is CC(C)N(CC(=O)O)Cc1ccccc1OC(F)F. The van der Waals surface area contributed by atoms with Crippen LogP contribution in [0.4, 0.5) is 8.78 Å². The molecule has 0 aliphatic carbocycles. The zero-order valence-electron chi connectivity index (χ0n) is 10.8. The van der Waals surface area contributed by atoms with E-state index in [1.165, 1.54) is 6.07 Å². The second kappa shape index (κ2) is 7.04. The lowest BCUT2D eigenvalue weighted by Crippen LogP contribution is -2.35. The Morgan fingerprint density at radius 2 is 2.00 bits per heavy atom. The van der Waals surface area contributed by atoms with Gasteiger partial charge in [-0.15, -0.1) is 0 Å². The molecular formula is C13H17F2NO3. The first-order chi connectivity index (χ1) is 8.90. The van der Waals surface area contributed by atoms with Crippen molar-refractivity contribution in [2.45, 2.75) is 33.0 Å². The van der Waals surface area contributed by atoms with Gasteiger partial charge in [-0.2, -0.15) is 8.78 Å². The van der Waals surface area contributed by atoms with Crippen molar-refractivity contribution in [2.24, 2.45) is 0 Å². The molecule has 0 unspecified atom stereocenters. The van der Waals surface area contributed by atoms with Gasteiger partial charge in [0.05, 0.1) is 6.54 Å². The number of nitrogens with zero attached hydrogens (tertiary/aromatic N) is 1. The number of rotatable bonds is 7. The number of aliphatic carboxylic acids is 1. The molecule has 0 saturated heterocycles. The number of hydrogen-bond acceptors (Lipinski definition) is 3. The van der Waals surface area contributed by atoms with Crippen LogP contribution in [-0.4, -0.2) is 35.2 Å². The quantitative estimate of drug-likeness (QED) is 0.829. The Morgan fingerprint density at radius 3 is 2.53 bits per heavy atom. The van der Waals surface area contributed by atoms with Gasteiger partial charge in [0.1, 0.15) is 5.75 Å². The molecule has 0 saturated carbocycles. The Hall–Kier alpha value is -1.69. The Kier molecular flexibility index (Phi) is 5.69. The second-order valence-electron chi connectivity index (χ2n) is 4.38. The number of carboxylic acids is 1. The van der Waals surface area contributed by atoms with Crippen LogP contribution in [0.3, 0.4) is 0 Å². The van der Waals surface area contributed by atoms with Gasteiger partial charge in [0, 0.05) is 18.2 Å². The van der Waals surface area contributed by atoms with Crippen LogP contribution in [0.25, 0.3) is 0 Å². The van der Waals surface area contributed by atoms with Crippen molar-refractivity contribution >= 4 is 5.97 Å². The smallest absolute Gasteiger partial charge is 0.387 e. The standard InChI is InChI=1S/C13H17F2NO3/c1-9(2)16(8-12(17)18)7-10-5-3-4-6-11(10)19-13(14)15/h3-6,9,13H,7-8H2,1-2H3,(H,17,18). The molecule has 1 rings (SSSR count). The Bertz CT molecular complexity index is 424. The average molecular weight is 273 g/mol. The van der Waals surface area contributed by atoms with Gasteiger partial charge in [0.2, 0.25) is 0 Å². The summed E-state index contributed by atoms with van der Waals surface area (Å²) in [5, 5.41) is 8.83. The number of carboxylic acid groups (broad SMARTS) is 1. The third-order valence-corrected chi connectivity index (χ3v) is 2.63. The van der Waals surface area contributed by atoms with Crippen molar-refractivity contribution in [2.75, 3.05) is 6.54 Å². The van der Waals surface area contributed by atoms with E-state index >= 15 is 0 Å². The van der Waals surface area contributed by atoms with Gasteiger partial charge in [-0.05, 0) is 19.9 Å². The molecule has 106 valence electrons. The van der Waals surface area contributed by atoms with Gasteiger partial charge in [-0.1, -0.05) is 18.2 Å². The highest BCUT2D eigenvalue weighted by Gasteiger charge is 2.17. The van der Waals surface area contributed by atoms with Crippen LogP contribution in [-0.2, 0) is 11.3 Å². The minimum absolute atomic E-state index is 0.0179. The number of alkyl halides is 2. The maximum absolute atomic E-state index is 12.3. The first kappa shape index (κ1) is 15.4. The Labute approximate surface area is 110 Å². The topological polar surface area (TPSA) is 49.8 Å². The summed E-state index contributed by atoms with van der Waals surface area (Å²) in [5.41, 5.74) is 0.540. The first-order valence-electron chi connectivity index (χ1n) is 5.88. The fourth-order valence-electron chi connectivity index (χ4n) is 1.66. The van der Waals surface area contributed by atoms with Crippen molar-refractivity contribution < 1.29 is 23.4 Å². The minimum atomic E-state index is -2.90. The molecular weight excluding hydrogens is 256 g/mol. The van der Waals surface area contributed by atoms with Gasteiger partial charge in [0.25, 0.3) is 0 Å². The van der Waals surface area contributed by atoms with Gasteiger partial charge in [-0.3, -0.25) is 9.69 Å². The van der Waals surface area contributed by atoms with Gasteiger partial charge < -0.3 is 9.84 Å². The predicted molar refractivity (Wildman–Crippen MR) is 66.3 cm³/mol. The molecule has 0 spiro atoms. The lowest BCUT2D eigenvalue weighted by Gasteiger charge is -2.25. The highest BCUT2D eigenvalue weighted by Crippen LogP contribution is 2.22. The molecule has 0 atom stereocenters. The Balaban J connectivity index is 2.86. The fourth-order valence-corrected chi connectivity index (χ4v) is 1.66. The van der Waals surface area contributed by atoms with E-state index in [-0.39, 0.29) is 24.9 Å². The van der Waals surface area contributed by atoms with Crippen molar-refractivity contribution in [1.82, 2.24) is 4.90 Å². The van der Waals surface area contributed by atoms with E-state index in [0.29, 0.717) is 5.56 Å². The molecule has 4 nitrogen and oxygen atoms in total. The maximum Gasteiger partial charge on any atom is 0.387 e. The highest BCUT2D eigenvalue weighted by molar-refractivity contribution is 5.69. The molecule has 1 N–H and O–H groups in total. The third-order valence-electron chi connectivity index (χ3n) is 2.63. The summed E-state index contributed by atoms with van der Waals surface area (Å²) in [4.78, 5) is 12.4. The summed E-state index contributed by atoms with van der Waals surface area (Å²) in [7, 11) is 0. The largest absolute Gasteiger partial charge is 0.480 e. The van der Waals surface area contributed by atoms with Crippen molar-refractivity contribution in [3.05, 3.63) is 29.8 Å². The molecule has 0 bridgehead atoms. The van der Waals surface area contributed by atoms with Gasteiger partial charge >= 0.3 is 12.6 Å². The number of para-hydroxylation sites is 1. The summed E-state index contributed by atoms with van der Waals surface area (Å²) in [5.74, 6) is -0.880. The molecule has 6 heteroatoms. The van der Waals surface area contributed by atoms with Crippen LogP contribution in [0, 0.1) is 0 Å². The van der Waals surface area contributed by atoms with Crippen LogP contribution < -0.4 is 4.74 Å². The van der Waals surface area contributed by atoms with Crippen molar-refractivity contribution in [3.63, 3.8) is 0 Å². The first-order valence-corrected chi connectivity index (χ1v) is 5.88. The molecule has 19 heavy (non-hydrogen) atoms. The minimum Gasteiger partial charge on any atom is -0.480 e. The molecule has 1 aromatic carbocycles. The molecule has 0 radical (unpaired) electrons. The van der Waals surface area contributed by atoms with Crippen LogP contribution >= 0.6 is 0 Å². The monoisotopic (exact) mass is 273 g/mol. The lowest BCUT2D eigenvalue weighted by molar-refractivity contribution is -0.139. The molecule has 0 heterocycles. The lowest BCUT2D eigenvalue weighted by atomic mass is 10.1. The maximum atomic E-state index is 12.3. The Morgan fingerprint density at radius 1 is 1.37 bits per heavy atom. The van der Waals surface area contributed by atoms with E-state index in [1.54, 1.807) is 23.1 Å². The summed E-state index contributed by atoms with van der Waals surface area (Å²) in [6, 6.07) is 6.37. The van der Waals surface area contributed by atoms with Crippen molar-refractivity contribution in [1.29, 1.82) is 0 Å². The summed E-state index contributed by atoms with van der Waals surface area (Å²) < 4.78 is 29.0. The summed E-state index contributed by atoms with van der Waals surface area (Å²) >= 11 is 0. The van der Waals surface area contributed by atoms with Crippen LogP contribution in [0.5, 0.6) is 5.75 Å². The molecule has 0 aromatic heterocycles. The van der Waals surface area contributed by atoms with E-state index < -0.39 is 12.6 Å². The average Bonchev–Trinajstić information content (AvgIpc) is 2.29. The zero-order valence-corrected chi connectivity index (χ0v) is 10.8. The number of benzene rings is 1. The molecule has 0 aliphatic rings. The van der Waals surface area contributed by atoms with Crippen LogP contribution in [0.15, 0.2) is 24.3 Å². The second-order valence-corrected chi connectivity index (χ2v) is 4.38. The number of carbonyl (C=O) groups is 1. The highest BCUT2D eigenvalue weighted by atomic mass is 19.3. The zero-order chi connectivity index (χ0) is 14.4. The van der Waals surface area contributed by atoms with Crippen LogP contribution in [0.2, 0.25) is 0 Å². The van der Waals surface area contributed by atoms with E-state index in [1.807, 2.05) is 13.8 Å². The number of halogens is 2. The molecule has 1 aromatic rings. The van der Waals surface area contributed by atoms with Gasteiger partial charge in [0.15, 0.2) is 0 Å². The van der Waals surface area contributed by atoms with E-state index in [4.69, 9.17) is 5.11 Å². The van der Waals surface area contributed by atoms with Crippen molar-refractivity contribution in [3.8, 4) is 5.75 Å². The number of ether oxygens (including phenoxy) is 1. The fraction of sp³-hybridized carbons (Fsp3) is 0.462. The van der Waals surface area contributed by atoms with Crippen LogP contribution in [0.1, 0.15) is 19.4 Å². The molecule has 0 fully saturated rings. The summed E-state index contributed by atoms with van der Waals surface area (Å²) in [6.45, 7) is 0.889. The number of hydrogen-bond donors (Lipinski definition) is 1. The van der Waals surface area contributed by atoms with E-state index in [0.717, 1.165) is 0 Å². The van der Waals surface area contributed by atoms with E-state index in [2.05, 4.69) is 4.74 Å². The predicted octanol–water partition coefficient (Wildman–Crippen LogP) is 2.58. The third kappa shape index (κ3) is 5.21. The van der Waals surface area contributed by atoms with E-state index in [9.17, 15) is 13.6 Å². The van der Waals surface area contributed by atoms with Gasteiger partial charge in [-0.25, -0.2) is 0 Å². The molecule has 0 aliphatic heterocycles. The normalized spacial score (nSPS) is 11.3. The summed E-state index contributed by atoms with van der Waals surface area (Å²) in [6.07, 6.45) is 0.